The highest BCUT2D eigenvalue weighted by atomic mass is 19.3. The zero-order valence-corrected chi connectivity index (χ0v) is 5.65. The van der Waals surface area contributed by atoms with Crippen molar-refractivity contribution in [2.24, 2.45) is 5.92 Å². The molecule has 1 saturated carbocycles. The van der Waals surface area contributed by atoms with Crippen LogP contribution < -0.4 is 0 Å². The van der Waals surface area contributed by atoms with Crippen molar-refractivity contribution in [1.29, 1.82) is 0 Å². The van der Waals surface area contributed by atoms with Gasteiger partial charge in [-0.2, -0.15) is 0 Å². The van der Waals surface area contributed by atoms with Crippen molar-refractivity contribution >= 4 is 6.29 Å². The Morgan fingerprint density at radius 1 is 1.50 bits per heavy atom. The van der Waals surface area contributed by atoms with Gasteiger partial charge >= 0.3 is 0 Å². The van der Waals surface area contributed by atoms with Gasteiger partial charge in [0.25, 0.3) is 0 Å². The van der Waals surface area contributed by atoms with Crippen molar-refractivity contribution in [1.82, 2.24) is 0 Å². The fraction of sp³-hybridized carbons (Fsp3) is 0.857. The predicted octanol–water partition coefficient (Wildman–Crippen LogP) is 2.01. The summed E-state index contributed by atoms with van der Waals surface area (Å²) in [7, 11) is 0. The van der Waals surface area contributed by atoms with Crippen LogP contribution in [0.4, 0.5) is 8.78 Å². The Morgan fingerprint density at radius 3 is 2.60 bits per heavy atom. The van der Waals surface area contributed by atoms with Gasteiger partial charge in [0.05, 0.1) is 0 Å². The van der Waals surface area contributed by atoms with Crippen molar-refractivity contribution in [3.8, 4) is 0 Å². The first kappa shape index (κ1) is 7.63. The number of halogens is 2. The first-order valence-corrected chi connectivity index (χ1v) is 3.47. The Hall–Kier alpha value is -0.470. The second-order valence-electron chi connectivity index (χ2n) is 2.85. The average molecular weight is 148 g/mol. The standard InChI is InChI=1S/C7H10F2O/c8-7(9)3-1-2-6(4-7)5-10/h5-6H,1-4H2/t6-/m0/s1. The lowest BCUT2D eigenvalue weighted by Gasteiger charge is -2.24. The number of aldehydes is 1. The van der Waals surface area contributed by atoms with E-state index >= 15 is 0 Å². The first-order valence-electron chi connectivity index (χ1n) is 3.47. The summed E-state index contributed by atoms with van der Waals surface area (Å²) in [5.74, 6) is -2.98. The second kappa shape index (κ2) is 2.64. The quantitative estimate of drug-likeness (QED) is 0.520. The van der Waals surface area contributed by atoms with Gasteiger partial charge in [0.15, 0.2) is 0 Å². The van der Waals surface area contributed by atoms with Gasteiger partial charge in [-0.3, -0.25) is 0 Å². The summed E-state index contributed by atoms with van der Waals surface area (Å²) in [4.78, 5) is 10.1. The van der Waals surface area contributed by atoms with Crippen LogP contribution in [0.15, 0.2) is 0 Å². The van der Waals surface area contributed by atoms with Crippen LogP contribution in [-0.4, -0.2) is 12.2 Å². The molecule has 1 aliphatic carbocycles. The molecule has 0 unspecified atom stereocenters. The van der Waals surface area contributed by atoms with E-state index < -0.39 is 11.8 Å². The number of hydrogen-bond donors (Lipinski definition) is 0. The molecule has 0 aliphatic heterocycles. The Bertz CT molecular complexity index is 134. The third-order valence-electron chi connectivity index (χ3n) is 1.87. The van der Waals surface area contributed by atoms with Crippen LogP contribution in [0.3, 0.4) is 0 Å². The minimum atomic E-state index is -2.58. The molecule has 3 heteroatoms. The second-order valence-corrected chi connectivity index (χ2v) is 2.85. The van der Waals surface area contributed by atoms with E-state index in [1.807, 2.05) is 0 Å². The SMILES string of the molecule is O=C[C@H]1CCCC(F)(F)C1. The first-order chi connectivity index (χ1) is 4.64. The van der Waals surface area contributed by atoms with Crippen molar-refractivity contribution in [3.63, 3.8) is 0 Å². The molecule has 0 saturated heterocycles. The minimum Gasteiger partial charge on any atom is -0.303 e. The maximum atomic E-state index is 12.5. The van der Waals surface area contributed by atoms with E-state index in [9.17, 15) is 13.6 Å². The normalized spacial score (nSPS) is 31.6. The molecule has 0 spiro atoms. The van der Waals surface area contributed by atoms with E-state index in [1.165, 1.54) is 0 Å². The molecule has 1 atom stereocenters. The van der Waals surface area contributed by atoms with Gasteiger partial charge in [-0.15, -0.1) is 0 Å². The summed E-state index contributed by atoms with van der Waals surface area (Å²) in [5, 5.41) is 0. The van der Waals surface area contributed by atoms with Crippen LogP contribution in [0, 0.1) is 5.92 Å². The van der Waals surface area contributed by atoms with E-state index in [0.717, 1.165) is 0 Å². The van der Waals surface area contributed by atoms with E-state index in [-0.39, 0.29) is 12.8 Å². The smallest absolute Gasteiger partial charge is 0.248 e. The van der Waals surface area contributed by atoms with E-state index in [4.69, 9.17) is 0 Å². The summed E-state index contributed by atoms with van der Waals surface area (Å²) in [6.45, 7) is 0. The highest BCUT2D eigenvalue weighted by molar-refractivity contribution is 5.53. The largest absolute Gasteiger partial charge is 0.303 e. The maximum absolute atomic E-state index is 12.5. The Morgan fingerprint density at radius 2 is 2.20 bits per heavy atom. The number of rotatable bonds is 1. The molecular weight excluding hydrogens is 138 g/mol. The van der Waals surface area contributed by atoms with Gasteiger partial charge < -0.3 is 4.79 Å². The Kier molecular flexibility index (Phi) is 2.02. The molecule has 10 heavy (non-hydrogen) atoms. The van der Waals surface area contributed by atoms with Crippen LogP contribution in [0.2, 0.25) is 0 Å². The van der Waals surface area contributed by atoms with Crippen molar-refractivity contribution in [3.05, 3.63) is 0 Å². The fourth-order valence-electron chi connectivity index (χ4n) is 1.33. The van der Waals surface area contributed by atoms with Gasteiger partial charge in [0.2, 0.25) is 5.92 Å². The lowest BCUT2D eigenvalue weighted by atomic mass is 9.88. The van der Waals surface area contributed by atoms with Gasteiger partial charge in [-0.1, -0.05) is 0 Å². The molecule has 0 radical (unpaired) electrons. The van der Waals surface area contributed by atoms with Crippen LogP contribution >= 0.6 is 0 Å². The average Bonchev–Trinajstić information content (AvgIpc) is 1.86. The van der Waals surface area contributed by atoms with Crippen LogP contribution in [0.5, 0.6) is 0 Å². The van der Waals surface area contributed by atoms with Gasteiger partial charge in [0.1, 0.15) is 6.29 Å². The monoisotopic (exact) mass is 148 g/mol. The maximum Gasteiger partial charge on any atom is 0.248 e. The predicted molar refractivity (Wildman–Crippen MR) is 33.0 cm³/mol. The third kappa shape index (κ3) is 1.75. The van der Waals surface area contributed by atoms with Crippen molar-refractivity contribution in [2.45, 2.75) is 31.6 Å². The molecule has 58 valence electrons. The highest BCUT2D eigenvalue weighted by Crippen LogP contribution is 2.35. The summed E-state index contributed by atoms with van der Waals surface area (Å²) in [6, 6.07) is 0. The minimum absolute atomic E-state index is 0.0443. The fourth-order valence-corrected chi connectivity index (χ4v) is 1.33. The zero-order chi connectivity index (χ0) is 7.61. The molecule has 1 rings (SSSR count). The molecule has 0 aromatic heterocycles. The summed E-state index contributed by atoms with van der Waals surface area (Å²) in [6.07, 6.45) is 1.48. The van der Waals surface area contributed by atoms with E-state index in [1.54, 1.807) is 0 Å². The number of alkyl halides is 2. The Labute approximate surface area is 58.4 Å². The molecule has 0 bridgehead atoms. The number of carbonyl (C=O) groups is 1. The molecule has 0 amide bonds. The van der Waals surface area contributed by atoms with Gasteiger partial charge in [0, 0.05) is 18.8 Å². The molecule has 0 N–H and O–H groups in total. The lowest BCUT2D eigenvalue weighted by Crippen LogP contribution is -2.26. The van der Waals surface area contributed by atoms with Gasteiger partial charge in [-0.25, -0.2) is 8.78 Å². The van der Waals surface area contributed by atoms with Crippen molar-refractivity contribution < 1.29 is 13.6 Å². The van der Waals surface area contributed by atoms with E-state index in [2.05, 4.69) is 0 Å². The summed E-state index contributed by atoms with van der Waals surface area (Å²) < 4.78 is 25.0. The van der Waals surface area contributed by atoms with Crippen molar-refractivity contribution in [2.75, 3.05) is 0 Å². The molecule has 0 aromatic rings. The highest BCUT2D eigenvalue weighted by Gasteiger charge is 2.35. The van der Waals surface area contributed by atoms with Crippen LogP contribution in [0.25, 0.3) is 0 Å². The Balaban J connectivity index is 2.47. The zero-order valence-electron chi connectivity index (χ0n) is 5.65. The summed E-state index contributed by atoms with van der Waals surface area (Å²) >= 11 is 0. The topological polar surface area (TPSA) is 17.1 Å². The van der Waals surface area contributed by atoms with Crippen LogP contribution in [0.1, 0.15) is 25.7 Å². The lowest BCUT2D eigenvalue weighted by molar-refractivity contribution is -0.118. The summed E-state index contributed by atoms with van der Waals surface area (Å²) in [5.41, 5.74) is 0. The molecule has 1 nitrogen and oxygen atoms in total. The molecule has 1 fully saturated rings. The third-order valence-corrected chi connectivity index (χ3v) is 1.87. The van der Waals surface area contributed by atoms with E-state index in [0.29, 0.717) is 19.1 Å². The number of carbonyl (C=O) groups excluding carboxylic acids is 1. The van der Waals surface area contributed by atoms with Gasteiger partial charge in [-0.05, 0) is 12.8 Å². The van der Waals surface area contributed by atoms with Crippen LogP contribution in [-0.2, 0) is 4.79 Å². The molecule has 0 heterocycles. The molecule has 0 aromatic carbocycles. The molecule has 1 aliphatic rings. The molecular formula is C7H10F2O. The number of hydrogen-bond acceptors (Lipinski definition) is 1.